The third kappa shape index (κ3) is 0.993. The van der Waals surface area contributed by atoms with Crippen LogP contribution in [0.1, 0.15) is 6.99 Å². The van der Waals surface area contributed by atoms with Crippen molar-refractivity contribution < 1.29 is 1.43 Å². The molecule has 1 heterocycles. The monoisotopic (exact) mass is 161 g/mol. The average molecular weight is 161 g/mol. The fourth-order valence-corrected chi connectivity index (χ4v) is 1.22. The molecule has 62 valence electrons. The van der Waals surface area contributed by atoms with Crippen LogP contribution in [-0.4, -0.2) is 9.97 Å². The van der Waals surface area contributed by atoms with E-state index in [1.165, 1.54) is 0 Å². The molecular weight excluding hydrogens is 150 g/mol. The Morgan fingerprint density at radius 2 is 2.25 bits per heavy atom. The Hall–Kier alpha value is -1.64. The number of nitrogens with two attached hydrogens (primary N) is 1. The van der Waals surface area contributed by atoms with Gasteiger partial charge in [0.2, 0.25) is 5.95 Å². The molecule has 0 amide bonds. The number of aryl methyl sites for hydroxylation is 1. The molecule has 2 aromatic rings. The number of hydrogen-bond donors (Lipinski definition) is 1. The predicted octanol–water partition coefficient (Wildman–Crippen LogP) is 1.77. The highest BCUT2D eigenvalue weighted by Gasteiger charge is 1.98. The Kier molecular flexibility index (Phi) is 1.43. The van der Waals surface area contributed by atoms with Gasteiger partial charge in [0, 0.05) is 13.0 Å². The fraction of sp³-hybridized carbons (Fsp3) is 0.111. The first-order chi connectivity index (χ1) is 5.77. The van der Waals surface area contributed by atoms with Gasteiger partial charge in [0.25, 0.3) is 0 Å². The van der Waals surface area contributed by atoms with Crippen LogP contribution in [0.25, 0.3) is 10.9 Å². The van der Waals surface area contributed by atoms with E-state index in [0.29, 0.717) is 5.95 Å². The molecule has 0 radical (unpaired) electrons. The van der Waals surface area contributed by atoms with Crippen molar-refractivity contribution >= 4 is 16.9 Å². The molecule has 2 rings (SSSR count). The third-order valence-electron chi connectivity index (χ3n) is 1.83. The van der Waals surface area contributed by atoms with Crippen LogP contribution in [-0.2, 0) is 0 Å². The summed E-state index contributed by atoms with van der Waals surface area (Å²) in [5, 5.41) is 1.03. The van der Waals surface area contributed by atoms with Crippen molar-refractivity contribution in [1.29, 1.82) is 0 Å². The summed E-state index contributed by atoms with van der Waals surface area (Å²) in [6.07, 6.45) is 1.74. The van der Waals surface area contributed by atoms with Gasteiger partial charge in [-0.25, -0.2) is 9.97 Å². The predicted molar refractivity (Wildman–Crippen MR) is 50.8 cm³/mol. The maximum atomic E-state index is 5.47. The molecule has 0 aliphatic carbocycles. The number of anilines is 1. The summed E-state index contributed by atoms with van der Waals surface area (Å²) in [6.45, 7) is 2.01. The van der Waals surface area contributed by atoms with Gasteiger partial charge in [0.05, 0.1) is 5.52 Å². The topological polar surface area (TPSA) is 51.8 Å². The van der Waals surface area contributed by atoms with Crippen molar-refractivity contribution in [2.24, 2.45) is 0 Å². The first-order valence-corrected chi connectivity index (χ1v) is 3.75. The van der Waals surface area contributed by atoms with Gasteiger partial charge in [-0.2, -0.15) is 0 Å². The first-order valence-electron chi connectivity index (χ1n) is 3.75. The number of benzene rings is 1. The molecular formula is C9H11N3. The molecule has 0 saturated carbocycles. The highest BCUT2D eigenvalue weighted by Crippen LogP contribution is 2.14. The average Bonchev–Trinajstić information content (AvgIpc) is 2.07. The number of fused-ring (bicyclic) bond motifs is 1. The molecule has 12 heavy (non-hydrogen) atoms. The molecule has 0 atom stereocenters. The molecule has 1 aromatic heterocycles. The van der Waals surface area contributed by atoms with E-state index >= 15 is 0 Å². The second kappa shape index (κ2) is 2.44. The Labute approximate surface area is 71.7 Å². The lowest BCUT2D eigenvalue weighted by atomic mass is 10.1. The van der Waals surface area contributed by atoms with E-state index in [1.807, 2.05) is 25.1 Å². The maximum Gasteiger partial charge on any atom is 0.220 e. The Balaban J connectivity index is 0.000000845. The van der Waals surface area contributed by atoms with E-state index in [4.69, 9.17) is 5.73 Å². The molecule has 0 saturated heterocycles. The fourth-order valence-electron chi connectivity index (χ4n) is 1.22. The number of nitrogen functional groups attached to an aromatic ring is 1. The van der Waals surface area contributed by atoms with Gasteiger partial charge in [0.15, 0.2) is 0 Å². The largest absolute Gasteiger partial charge is 0.368 e. The molecule has 0 aliphatic heterocycles. The SMILES string of the molecule is Cc1cccc2cnc(N)nc12.[HH]. The third-order valence-corrected chi connectivity index (χ3v) is 1.83. The van der Waals surface area contributed by atoms with Crippen LogP contribution in [0.3, 0.4) is 0 Å². The number of para-hydroxylation sites is 1. The summed E-state index contributed by atoms with van der Waals surface area (Å²) in [4.78, 5) is 8.06. The first kappa shape index (κ1) is 7.03. The lowest BCUT2D eigenvalue weighted by Crippen LogP contribution is -1.94. The molecule has 0 fully saturated rings. The zero-order chi connectivity index (χ0) is 8.55. The minimum Gasteiger partial charge on any atom is -0.368 e. The maximum absolute atomic E-state index is 5.47. The van der Waals surface area contributed by atoms with Gasteiger partial charge in [-0.15, -0.1) is 0 Å². The minimum absolute atomic E-state index is 0. The van der Waals surface area contributed by atoms with Gasteiger partial charge in [-0.3, -0.25) is 0 Å². The molecule has 2 N–H and O–H groups in total. The number of aromatic nitrogens is 2. The summed E-state index contributed by atoms with van der Waals surface area (Å²) < 4.78 is 0. The van der Waals surface area contributed by atoms with E-state index in [0.717, 1.165) is 16.5 Å². The van der Waals surface area contributed by atoms with Crippen LogP contribution in [0, 0.1) is 6.92 Å². The van der Waals surface area contributed by atoms with Crippen molar-refractivity contribution in [1.82, 2.24) is 9.97 Å². The minimum atomic E-state index is 0. The summed E-state index contributed by atoms with van der Waals surface area (Å²) in [6, 6.07) is 5.97. The van der Waals surface area contributed by atoms with Crippen molar-refractivity contribution in [3.8, 4) is 0 Å². The van der Waals surface area contributed by atoms with Crippen LogP contribution >= 0.6 is 0 Å². The van der Waals surface area contributed by atoms with Gasteiger partial charge in [0.1, 0.15) is 0 Å². The van der Waals surface area contributed by atoms with Crippen LogP contribution in [0.4, 0.5) is 5.95 Å². The number of rotatable bonds is 0. The zero-order valence-corrected chi connectivity index (χ0v) is 6.78. The Morgan fingerprint density at radius 1 is 1.42 bits per heavy atom. The molecule has 1 aromatic carbocycles. The van der Waals surface area contributed by atoms with E-state index in [1.54, 1.807) is 6.20 Å². The summed E-state index contributed by atoms with van der Waals surface area (Å²) >= 11 is 0. The second-order valence-electron chi connectivity index (χ2n) is 2.74. The molecule has 3 nitrogen and oxygen atoms in total. The van der Waals surface area contributed by atoms with Crippen molar-refractivity contribution in [3.05, 3.63) is 30.0 Å². The molecule has 3 heteroatoms. The number of nitrogens with zero attached hydrogens (tertiary/aromatic N) is 2. The van der Waals surface area contributed by atoms with E-state index in [-0.39, 0.29) is 1.43 Å². The normalized spacial score (nSPS) is 10.4. The molecule has 0 bridgehead atoms. The van der Waals surface area contributed by atoms with Gasteiger partial charge >= 0.3 is 0 Å². The van der Waals surface area contributed by atoms with E-state index in [9.17, 15) is 0 Å². The highest BCUT2D eigenvalue weighted by atomic mass is 15.0. The van der Waals surface area contributed by atoms with Crippen molar-refractivity contribution in [2.75, 3.05) is 5.73 Å². The van der Waals surface area contributed by atoms with Crippen LogP contribution in [0.15, 0.2) is 24.4 Å². The lowest BCUT2D eigenvalue weighted by molar-refractivity contribution is 1.23. The summed E-state index contributed by atoms with van der Waals surface area (Å²) in [7, 11) is 0. The van der Waals surface area contributed by atoms with Crippen molar-refractivity contribution in [2.45, 2.75) is 6.92 Å². The summed E-state index contributed by atoms with van der Waals surface area (Å²) in [5.41, 5.74) is 7.53. The van der Waals surface area contributed by atoms with E-state index < -0.39 is 0 Å². The van der Waals surface area contributed by atoms with Gasteiger partial charge in [-0.1, -0.05) is 18.2 Å². The number of hydrogen-bond acceptors (Lipinski definition) is 3. The standard InChI is InChI=1S/C9H9N3.H2/c1-6-3-2-4-7-5-11-9(10)12-8(6)7;/h2-5H,1H3,(H2,10,11,12);1H. The van der Waals surface area contributed by atoms with Gasteiger partial charge < -0.3 is 5.73 Å². The van der Waals surface area contributed by atoms with Gasteiger partial charge in [-0.05, 0) is 12.5 Å². The zero-order valence-electron chi connectivity index (χ0n) is 6.78. The highest BCUT2D eigenvalue weighted by molar-refractivity contribution is 5.81. The van der Waals surface area contributed by atoms with Crippen LogP contribution in [0.2, 0.25) is 0 Å². The van der Waals surface area contributed by atoms with Crippen molar-refractivity contribution in [3.63, 3.8) is 0 Å². The second-order valence-corrected chi connectivity index (χ2v) is 2.74. The van der Waals surface area contributed by atoms with Crippen LogP contribution < -0.4 is 5.73 Å². The summed E-state index contributed by atoms with van der Waals surface area (Å²) in [5.74, 6) is 0.330. The Bertz CT molecular complexity index is 428. The lowest BCUT2D eigenvalue weighted by Gasteiger charge is -1.99. The molecule has 0 unspecified atom stereocenters. The Morgan fingerprint density at radius 3 is 3.08 bits per heavy atom. The quantitative estimate of drug-likeness (QED) is 0.640. The van der Waals surface area contributed by atoms with E-state index in [2.05, 4.69) is 9.97 Å². The molecule has 0 aliphatic rings. The van der Waals surface area contributed by atoms with Crippen LogP contribution in [0.5, 0.6) is 0 Å². The smallest absolute Gasteiger partial charge is 0.220 e. The molecule has 0 spiro atoms.